The van der Waals surface area contributed by atoms with Crippen molar-refractivity contribution in [3.8, 4) is 10.6 Å². The molecule has 1 amide bonds. The standard InChI is InChI=1S/C19H14FN3OS/c20-17-13(21-19(24)10-5-6-10)8-7-12-16(17)18(23-22-12)15-9-11-3-1-2-4-14(11)25-15/h1-4,7-10H,5-6H2,(H,21,24)(H,22,23). The molecule has 0 spiro atoms. The fraction of sp³-hybridized carbons (Fsp3) is 0.158. The number of thiophene rings is 1. The van der Waals surface area contributed by atoms with E-state index in [2.05, 4.69) is 15.5 Å². The summed E-state index contributed by atoms with van der Waals surface area (Å²) >= 11 is 1.58. The lowest BCUT2D eigenvalue weighted by molar-refractivity contribution is -0.117. The quantitative estimate of drug-likeness (QED) is 0.550. The number of amides is 1. The zero-order valence-electron chi connectivity index (χ0n) is 13.2. The van der Waals surface area contributed by atoms with Crippen molar-refractivity contribution >= 4 is 43.9 Å². The topological polar surface area (TPSA) is 57.8 Å². The number of nitrogens with one attached hydrogen (secondary N) is 2. The number of fused-ring (bicyclic) bond motifs is 2. The number of aromatic nitrogens is 2. The predicted octanol–water partition coefficient (Wildman–Crippen LogP) is 4.93. The number of hydrogen-bond donors (Lipinski definition) is 2. The van der Waals surface area contributed by atoms with Crippen LogP contribution in [0.5, 0.6) is 0 Å². The van der Waals surface area contributed by atoms with Gasteiger partial charge in [0.1, 0.15) is 5.69 Å². The Hall–Kier alpha value is -2.73. The van der Waals surface area contributed by atoms with Crippen LogP contribution in [0.4, 0.5) is 10.1 Å². The van der Waals surface area contributed by atoms with Crippen molar-refractivity contribution in [1.29, 1.82) is 0 Å². The Morgan fingerprint density at radius 1 is 1.24 bits per heavy atom. The SMILES string of the molecule is O=C(Nc1ccc2[nH]nc(-c3cc4ccccc4s3)c2c1F)C1CC1. The van der Waals surface area contributed by atoms with Crippen molar-refractivity contribution in [1.82, 2.24) is 10.2 Å². The molecule has 2 N–H and O–H groups in total. The normalized spacial score (nSPS) is 14.3. The number of H-pyrrole nitrogens is 1. The van der Waals surface area contributed by atoms with E-state index in [1.54, 1.807) is 23.5 Å². The summed E-state index contributed by atoms with van der Waals surface area (Å²) in [5.41, 5.74) is 1.42. The fourth-order valence-electron chi connectivity index (χ4n) is 3.03. The maximum Gasteiger partial charge on any atom is 0.227 e. The van der Waals surface area contributed by atoms with E-state index < -0.39 is 5.82 Å². The molecule has 0 aliphatic heterocycles. The highest BCUT2D eigenvalue weighted by molar-refractivity contribution is 7.22. The van der Waals surface area contributed by atoms with Crippen LogP contribution in [-0.2, 0) is 4.79 Å². The molecule has 25 heavy (non-hydrogen) atoms. The van der Waals surface area contributed by atoms with Gasteiger partial charge < -0.3 is 5.32 Å². The Morgan fingerprint density at radius 3 is 2.88 bits per heavy atom. The first-order valence-electron chi connectivity index (χ1n) is 8.17. The van der Waals surface area contributed by atoms with E-state index in [-0.39, 0.29) is 17.5 Å². The lowest BCUT2D eigenvalue weighted by Crippen LogP contribution is -2.14. The molecule has 1 fully saturated rings. The van der Waals surface area contributed by atoms with Crippen LogP contribution >= 0.6 is 11.3 Å². The maximum atomic E-state index is 15.1. The van der Waals surface area contributed by atoms with Gasteiger partial charge in [0, 0.05) is 10.6 Å². The van der Waals surface area contributed by atoms with Crippen LogP contribution in [0.1, 0.15) is 12.8 Å². The molecule has 124 valence electrons. The molecule has 2 aromatic heterocycles. The monoisotopic (exact) mass is 351 g/mol. The highest BCUT2D eigenvalue weighted by Gasteiger charge is 2.30. The number of benzene rings is 2. The molecule has 0 radical (unpaired) electrons. The average molecular weight is 351 g/mol. The molecule has 0 bridgehead atoms. The minimum absolute atomic E-state index is 0.0292. The summed E-state index contributed by atoms with van der Waals surface area (Å²) in [6, 6.07) is 13.4. The zero-order chi connectivity index (χ0) is 17.0. The molecule has 6 heteroatoms. The van der Waals surface area contributed by atoms with Crippen LogP contribution in [0.2, 0.25) is 0 Å². The molecule has 4 nitrogen and oxygen atoms in total. The van der Waals surface area contributed by atoms with Crippen molar-refractivity contribution in [3.05, 3.63) is 48.3 Å². The summed E-state index contributed by atoms with van der Waals surface area (Å²) < 4.78 is 16.2. The van der Waals surface area contributed by atoms with Gasteiger partial charge in [0.05, 0.1) is 21.5 Å². The van der Waals surface area contributed by atoms with Gasteiger partial charge in [0.2, 0.25) is 5.91 Å². The number of aromatic amines is 1. The second kappa shape index (κ2) is 5.39. The summed E-state index contributed by atoms with van der Waals surface area (Å²) in [7, 11) is 0. The van der Waals surface area contributed by atoms with E-state index in [9.17, 15) is 4.79 Å². The van der Waals surface area contributed by atoms with Gasteiger partial charge in [-0.3, -0.25) is 9.89 Å². The van der Waals surface area contributed by atoms with Crippen LogP contribution in [0.25, 0.3) is 31.6 Å². The van der Waals surface area contributed by atoms with Crippen molar-refractivity contribution in [2.75, 3.05) is 5.32 Å². The number of anilines is 1. The fourth-order valence-corrected chi connectivity index (χ4v) is 4.09. The average Bonchev–Trinajstić information content (AvgIpc) is 3.24. The van der Waals surface area contributed by atoms with E-state index in [1.165, 1.54) is 0 Å². The molecular formula is C19H14FN3OS. The molecule has 5 rings (SSSR count). The van der Waals surface area contributed by atoms with E-state index >= 15 is 4.39 Å². The molecule has 0 unspecified atom stereocenters. The third-order valence-electron chi connectivity index (χ3n) is 4.53. The van der Waals surface area contributed by atoms with E-state index in [0.717, 1.165) is 27.8 Å². The number of hydrogen-bond acceptors (Lipinski definition) is 3. The summed E-state index contributed by atoms with van der Waals surface area (Å²) in [4.78, 5) is 12.9. The Morgan fingerprint density at radius 2 is 2.08 bits per heavy atom. The van der Waals surface area contributed by atoms with E-state index in [0.29, 0.717) is 16.6 Å². The minimum Gasteiger partial charge on any atom is -0.323 e. The number of halogens is 1. The van der Waals surface area contributed by atoms with Crippen LogP contribution in [0.3, 0.4) is 0 Å². The first kappa shape index (κ1) is 14.6. The van der Waals surface area contributed by atoms with Gasteiger partial charge >= 0.3 is 0 Å². The number of rotatable bonds is 3. The number of carbonyl (C=O) groups excluding carboxylic acids is 1. The summed E-state index contributed by atoms with van der Waals surface area (Å²) in [6.07, 6.45) is 1.77. The van der Waals surface area contributed by atoms with Gasteiger partial charge in [-0.05, 0) is 42.5 Å². The van der Waals surface area contributed by atoms with Crippen LogP contribution in [-0.4, -0.2) is 16.1 Å². The largest absolute Gasteiger partial charge is 0.323 e. The van der Waals surface area contributed by atoms with Gasteiger partial charge in [-0.25, -0.2) is 4.39 Å². The lowest BCUT2D eigenvalue weighted by atomic mass is 10.1. The Balaban J connectivity index is 1.64. The molecule has 1 aliphatic rings. The van der Waals surface area contributed by atoms with Gasteiger partial charge in [-0.1, -0.05) is 18.2 Å². The molecule has 2 heterocycles. The molecular weight excluding hydrogens is 337 g/mol. The molecule has 1 saturated carbocycles. The Kier molecular flexibility index (Phi) is 3.15. The zero-order valence-corrected chi connectivity index (χ0v) is 14.0. The molecule has 2 aromatic carbocycles. The molecule has 0 saturated heterocycles. The summed E-state index contributed by atoms with van der Waals surface area (Å²) in [5.74, 6) is -0.514. The first-order valence-corrected chi connectivity index (χ1v) is 8.99. The first-order chi connectivity index (χ1) is 12.2. The molecule has 4 aromatic rings. The highest BCUT2D eigenvalue weighted by Crippen LogP contribution is 2.38. The van der Waals surface area contributed by atoms with Crippen molar-refractivity contribution < 1.29 is 9.18 Å². The van der Waals surface area contributed by atoms with E-state index in [1.807, 2.05) is 30.3 Å². The maximum absolute atomic E-state index is 15.1. The third kappa shape index (κ3) is 2.41. The smallest absolute Gasteiger partial charge is 0.227 e. The van der Waals surface area contributed by atoms with Gasteiger partial charge in [-0.2, -0.15) is 5.10 Å². The third-order valence-corrected chi connectivity index (χ3v) is 5.65. The van der Waals surface area contributed by atoms with E-state index in [4.69, 9.17) is 0 Å². The van der Waals surface area contributed by atoms with Crippen LogP contribution in [0, 0.1) is 11.7 Å². The highest BCUT2D eigenvalue weighted by atomic mass is 32.1. The van der Waals surface area contributed by atoms with Crippen molar-refractivity contribution in [2.45, 2.75) is 12.8 Å². The number of nitrogens with zero attached hydrogens (tertiary/aromatic N) is 1. The number of carbonyl (C=O) groups is 1. The van der Waals surface area contributed by atoms with Crippen LogP contribution < -0.4 is 5.32 Å². The second-order valence-electron chi connectivity index (χ2n) is 6.33. The van der Waals surface area contributed by atoms with Crippen molar-refractivity contribution in [2.24, 2.45) is 5.92 Å². The van der Waals surface area contributed by atoms with Gasteiger partial charge in [0.15, 0.2) is 5.82 Å². The molecule has 0 atom stereocenters. The second-order valence-corrected chi connectivity index (χ2v) is 7.42. The Labute approximate surface area is 146 Å². The van der Waals surface area contributed by atoms with Gasteiger partial charge in [0.25, 0.3) is 0 Å². The molecule has 1 aliphatic carbocycles. The van der Waals surface area contributed by atoms with Gasteiger partial charge in [-0.15, -0.1) is 11.3 Å². The van der Waals surface area contributed by atoms with Crippen molar-refractivity contribution in [3.63, 3.8) is 0 Å². The van der Waals surface area contributed by atoms with Crippen LogP contribution in [0.15, 0.2) is 42.5 Å². The minimum atomic E-state index is -0.437. The summed E-state index contributed by atoms with van der Waals surface area (Å²) in [5, 5.41) is 11.4. The Bertz CT molecular complexity index is 1090. The summed E-state index contributed by atoms with van der Waals surface area (Å²) in [6.45, 7) is 0. The lowest BCUT2D eigenvalue weighted by Gasteiger charge is -2.06. The predicted molar refractivity (Wildman–Crippen MR) is 98.2 cm³/mol.